The summed E-state index contributed by atoms with van der Waals surface area (Å²) in [6.07, 6.45) is 1.36. The summed E-state index contributed by atoms with van der Waals surface area (Å²) < 4.78 is 0. The molecule has 0 bridgehead atoms. The third-order valence-electron chi connectivity index (χ3n) is 2.87. The molecule has 1 heterocycles. The summed E-state index contributed by atoms with van der Waals surface area (Å²) in [6.45, 7) is 1.47. The molecule has 68 valence electrons. The molecule has 2 fully saturated rings. The molecule has 1 saturated carbocycles. The molecule has 2 N–H and O–H groups in total. The maximum Gasteiger partial charge on any atom is 0.306 e. The number of aliphatic hydroxyl groups is 1. The Morgan fingerprint density at radius 2 is 1.92 bits per heavy atom. The second-order valence-corrected chi connectivity index (χ2v) is 3.77. The highest BCUT2D eigenvalue weighted by atomic mass is 16.4. The van der Waals surface area contributed by atoms with E-state index in [1.54, 1.807) is 0 Å². The van der Waals surface area contributed by atoms with E-state index in [-0.39, 0.29) is 12.0 Å². The minimum absolute atomic E-state index is 0.132. The lowest BCUT2D eigenvalue weighted by atomic mass is 9.78. The van der Waals surface area contributed by atoms with E-state index in [1.165, 1.54) is 0 Å². The summed E-state index contributed by atoms with van der Waals surface area (Å²) in [6, 6.07) is 0.425. The minimum atomic E-state index is -0.674. The zero-order valence-electron chi connectivity index (χ0n) is 6.81. The molecule has 2 rings (SSSR count). The van der Waals surface area contributed by atoms with E-state index in [0.717, 1.165) is 25.9 Å². The largest absolute Gasteiger partial charge is 0.481 e. The van der Waals surface area contributed by atoms with Gasteiger partial charge in [-0.25, -0.2) is 0 Å². The van der Waals surface area contributed by atoms with E-state index in [0.29, 0.717) is 6.04 Å². The minimum Gasteiger partial charge on any atom is -0.481 e. The van der Waals surface area contributed by atoms with Gasteiger partial charge in [-0.15, -0.1) is 0 Å². The first kappa shape index (κ1) is 8.01. The molecule has 0 spiro atoms. The summed E-state index contributed by atoms with van der Waals surface area (Å²) in [5.74, 6) is -0.805. The van der Waals surface area contributed by atoms with E-state index in [1.807, 2.05) is 0 Å². The SMILES string of the molecule is O=C(O)C1CC(N2CC(O)C2)C1. The summed E-state index contributed by atoms with van der Waals surface area (Å²) in [7, 11) is 0. The van der Waals surface area contributed by atoms with Crippen LogP contribution in [-0.4, -0.2) is 46.3 Å². The Hall–Kier alpha value is -0.610. The molecule has 0 aromatic carbocycles. The molecule has 0 atom stereocenters. The number of β-amino-alcohol motifs (C(OH)–C–C–N with tert-alkyl or cyclic N) is 1. The number of aliphatic hydroxyl groups excluding tert-OH is 1. The van der Waals surface area contributed by atoms with E-state index < -0.39 is 5.97 Å². The average molecular weight is 171 g/mol. The highest BCUT2D eigenvalue weighted by molar-refractivity contribution is 5.71. The smallest absolute Gasteiger partial charge is 0.306 e. The van der Waals surface area contributed by atoms with Crippen LogP contribution in [0.3, 0.4) is 0 Å². The lowest BCUT2D eigenvalue weighted by molar-refractivity contribution is -0.149. The second-order valence-electron chi connectivity index (χ2n) is 3.77. The third-order valence-corrected chi connectivity index (χ3v) is 2.87. The molecule has 1 aliphatic carbocycles. The maximum atomic E-state index is 10.5. The molecular weight excluding hydrogens is 158 g/mol. The Kier molecular flexibility index (Phi) is 1.81. The highest BCUT2D eigenvalue weighted by Crippen LogP contribution is 2.34. The number of nitrogens with zero attached hydrogens (tertiary/aromatic N) is 1. The van der Waals surface area contributed by atoms with Gasteiger partial charge in [-0.05, 0) is 12.8 Å². The number of carboxylic acid groups (broad SMARTS) is 1. The molecular formula is C8H13NO3. The van der Waals surface area contributed by atoms with Crippen LogP contribution in [0.4, 0.5) is 0 Å². The number of hydrogen-bond donors (Lipinski definition) is 2. The quantitative estimate of drug-likeness (QED) is 0.589. The standard InChI is InChI=1S/C8H13NO3/c10-7-3-9(4-7)6-1-5(2-6)8(11)12/h5-7,10H,1-4H2,(H,11,12). The predicted octanol–water partition coefficient (Wildman–Crippen LogP) is -0.474. The third kappa shape index (κ3) is 1.21. The van der Waals surface area contributed by atoms with Gasteiger partial charge in [0.05, 0.1) is 12.0 Å². The van der Waals surface area contributed by atoms with Crippen molar-refractivity contribution < 1.29 is 15.0 Å². The first-order valence-corrected chi connectivity index (χ1v) is 4.31. The van der Waals surface area contributed by atoms with Crippen LogP contribution in [0.5, 0.6) is 0 Å². The van der Waals surface area contributed by atoms with Gasteiger partial charge in [0.2, 0.25) is 0 Å². The van der Waals surface area contributed by atoms with Gasteiger partial charge < -0.3 is 10.2 Å². The fourth-order valence-electron chi connectivity index (χ4n) is 1.87. The molecule has 0 radical (unpaired) electrons. The Labute approximate surface area is 70.8 Å². The Morgan fingerprint density at radius 1 is 1.33 bits per heavy atom. The molecule has 4 nitrogen and oxygen atoms in total. The Morgan fingerprint density at radius 3 is 2.33 bits per heavy atom. The maximum absolute atomic E-state index is 10.5. The zero-order chi connectivity index (χ0) is 8.72. The lowest BCUT2D eigenvalue weighted by Gasteiger charge is -2.48. The topological polar surface area (TPSA) is 60.8 Å². The van der Waals surface area contributed by atoms with Crippen molar-refractivity contribution in [1.29, 1.82) is 0 Å². The molecule has 2 aliphatic rings. The second kappa shape index (κ2) is 2.71. The van der Waals surface area contributed by atoms with Crippen molar-refractivity contribution in [3.8, 4) is 0 Å². The summed E-state index contributed by atoms with van der Waals surface area (Å²) in [5.41, 5.74) is 0. The number of carbonyl (C=O) groups is 1. The van der Waals surface area contributed by atoms with Crippen molar-refractivity contribution in [3.05, 3.63) is 0 Å². The van der Waals surface area contributed by atoms with Crippen LogP contribution in [0.1, 0.15) is 12.8 Å². The van der Waals surface area contributed by atoms with Crippen LogP contribution >= 0.6 is 0 Å². The molecule has 0 unspecified atom stereocenters. The van der Waals surface area contributed by atoms with Crippen LogP contribution in [0.2, 0.25) is 0 Å². The van der Waals surface area contributed by atoms with Crippen molar-refractivity contribution in [2.24, 2.45) is 5.92 Å². The van der Waals surface area contributed by atoms with Crippen LogP contribution in [0.25, 0.3) is 0 Å². The molecule has 0 amide bonds. The molecule has 1 aliphatic heterocycles. The first-order valence-electron chi connectivity index (χ1n) is 4.31. The van der Waals surface area contributed by atoms with E-state index in [2.05, 4.69) is 4.90 Å². The zero-order valence-corrected chi connectivity index (χ0v) is 6.81. The normalized spacial score (nSPS) is 37.1. The van der Waals surface area contributed by atoms with Crippen LogP contribution < -0.4 is 0 Å². The van der Waals surface area contributed by atoms with Gasteiger partial charge in [-0.2, -0.15) is 0 Å². The van der Waals surface area contributed by atoms with Crippen LogP contribution in [0, 0.1) is 5.92 Å². The number of hydrogen-bond acceptors (Lipinski definition) is 3. The van der Waals surface area contributed by atoms with Gasteiger partial charge in [0.1, 0.15) is 0 Å². The van der Waals surface area contributed by atoms with Crippen molar-refractivity contribution in [2.45, 2.75) is 25.0 Å². The van der Waals surface area contributed by atoms with Gasteiger partial charge in [-0.3, -0.25) is 9.69 Å². The molecule has 4 heteroatoms. The molecule has 0 aromatic rings. The molecule has 12 heavy (non-hydrogen) atoms. The van der Waals surface area contributed by atoms with Crippen molar-refractivity contribution in [3.63, 3.8) is 0 Å². The summed E-state index contributed by atoms with van der Waals surface area (Å²) >= 11 is 0. The monoisotopic (exact) mass is 171 g/mol. The first-order chi connectivity index (χ1) is 5.66. The summed E-state index contributed by atoms with van der Waals surface area (Å²) in [4.78, 5) is 12.6. The van der Waals surface area contributed by atoms with Gasteiger partial charge in [0, 0.05) is 19.1 Å². The van der Waals surface area contributed by atoms with Crippen molar-refractivity contribution >= 4 is 5.97 Å². The predicted molar refractivity (Wildman–Crippen MR) is 41.7 cm³/mol. The summed E-state index contributed by atoms with van der Waals surface area (Å²) in [5, 5.41) is 17.6. The molecule has 0 aromatic heterocycles. The fraction of sp³-hybridized carbons (Fsp3) is 0.875. The van der Waals surface area contributed by atoms with Crippen molar-refractivity contribution in [2.75, 3.05) is 13.1 Å². The van der Waals surface area contributed by atoms with E-state index >= 15 is 0 Å². The number of aliphatic carboxylic acids is 1. The highest BCUT2D eigenvalue weighted by Gasteiger charge is 2.41. The van der Waals surface area contributed by atoms with Gasteiger partial charge >= 0.3 is 5.97 Å². The van der Waals surface area contributed by atoms with Gasteiger partial charge in [0.25, 0.3) is 0 Å². The van der Waals surface area contributed by atoms with Crippen molar-refractivity contribution in [1.82, 2.24) is 4.90 Å². The Bertz CT molecular complexity index is 194. The number of rotatable bonds is 2. The van der Waals surface area contributed by atoms with E-state index in [9.17, 15) is 4.79 Å². The van der Waals surface area contributed by atoms with Gasteiger partial charge in [0.15, 0.2) is 0 Å². The number of likely N-dealkylation sites (tertiary alicyclic amines) is 1. The molecule has 1 saturated heterocycles. The fourth-order valence-corrected chi connectivity index (χ4v) is 1.87. The average Bonchev–Trinajstić information content (AvgIpc) is 1.79. The Balaban J connectivity index is 1.72. The lowest BCUT2D eigenvalue weighted by Crippen LogP contribution is -2.59. The van der Waals surface area contributed by atoms with Crippen LogP contribution in [0.15, 0.2) is 0 Å². The van der Waals surface area contributed by atoms with Gasteiger partial charge in [-0.1, -0.05) is 0 Å². The van der Waals surface area contributed by atoms with Crippen LogP contribution in [-0.2, 0) is 4.79 Å². The number of carboxylic acids is 1. The van der Waals surface area contributed by atoms with E-state index in [4.69, 9.17) is 10.2 Å².